The zero-order valence-corrected chi connectivity index (χ0v) is 8.64. The Labute approximate surface area is 87.0 Å². The standard InChI is InChI=1S/C11H10N2S/c1-3-8(2)13-11-10-9(4-6-12-11)5-7-14-10/h1,4-8H,2H3,(H,12,13). The molecule has 2 aromatic heterocycles. The van der Waals surface area contributed by atoms with Crippen molar-refractivity contribution in [2.24, 2.45) is 0 Å². The summed E-state index contributed by atoms with van der Waals surface area (Å²) in [6.45, 7) is 1.94. The summed E-state index contributed by atoms with van der Waals surface area (Å²) >= 11 is 1.67. The fourth-order valence-electron chi connectivity index (χ4n) is 1.24. The van der Waals surface area contributed by atoms with Gasteiger partial charge in [0.05, 0.1) is 10.7 Å². The molecule has 1 atom stereocenters. The van der Waals surface area contributed by atoms with Crippen LogP contribution in [0, 0.1) is 12.3 Å². The van der Waals surface area contributed by atoms with Crippen LogP contribution in [0.25, 0.3) is 10.1 Å². The molecule has 2 nitrogen and oxygen atoms in total. The number of fused-ring (bicyclic) bond motifs is 1. The number of nitrogens with one attached hydrogen (secondary N) is 1. The summed E-state index contributed by atoms with van der Waals surface area (Å²) in [7, 11) is 0. The first-order chi connectivity index (χ1) is 6.81. The van der Waals surface area contributed by atoms with Crippen LogP contribution in [0.1, 0.15) is 6.92 Å². The first-order valence-electron chi connectivity index (χ1n) is 4.36. The number of terminal acetylenes is 1. The van der Waals surface area contributed by atoms with E-state index >= 15 is 0 Å². The van der Waals surface area contributed by atoms with Crippen molar-refractivity contribution in [3.05, 3.63) is 23.7 Å². The van der Waals surface area contributed by atoms with Crippen molar-refractivity contribution in [2.45, 2.75) is 13.0 Å². The summed E-state index contributed by atoms with van der Waals surface area (Å²) in [5, 5.41) is 6.44. The van der Waals surface area contributed by atoms with E-state index in [0.717, 1.165) is 10.5 Å². The Morgan fingerprint density at radius 1 is 1.57 bits per heavy atom. The minimum atomic E-state index is 0.00944. The van der Waals surface area contributed by atoms with Crippen LogP contribution in [0.15, 0.2) is 23.7 Å². The third-order valence-corrected chi connectivity index (χ3v) is 2.91. The number of anilines is 1. The topological polar surface area (TPSA) is 24.9 Å². The molecule has 0 bridgehead atoms. The summed E-state index contributed by atoms with van der Waals surface area (Å²) in [5.41, 5.74) is 0. The lowest BCUT2D eigenvalue weighted by Crippen LogP contribution is -2.12. The first kappa shape index (κ1) is 9.04. The molecule has 2 heterocycles. The number of hydrogen-bond acceptors (Lipinski definition) is 3. The number of pyridine rings is 1. The average Bonchev–Trinajstić information content (AvgIpc) is 2.66. The smallest absolute Gasteiger partial charge is 0.144 e. The van der Waals surface area contributed by atoms with Crippen LogP contribution in [-0.4, -0.2) is 11.0 Å². The zero-order chi connectivity index (χ0) is 9.97. The SMILES string of the molecule is C#CC(C)Nc1nccc2ccsc12. The molecule has 0 aliphatic carbocycles. The van der Waals surface area contributed by atoms with Gasteiger partial charge in [-0.1, -0.05) is 5.92 Å². The Hall–Kier alpha value is -1.53. The predicted molar refractivity (Wildman–Crippen MR) is 61.5 cm³/mol. The number of hydrogen-bond donors (Lipinski definition) is 1. The van der Waals surface area contributed by atoms with Gasteiger partial charge in [-0.15, -0.1) is 17.8 Å². The molecule has 0 saturated heterocycles. The van der Waals surface area contributed by atoms with Gasteiger partial charge >= 0.3 is 0 Å². The van der Waals surface area contributed by atoms with Gasteiger partial charge in [-0.25, -0.2) is 4.98 Å². The second-order valence-electron chi connectivity index (χ2n) is 3.03. The highest BCUT2D eigenvalue weighted by Gasteiger charge is 2.04. The van der Waals surface area contributed by atoms with Crippen molar-refractivity contribution >= 4 is 27.2 Å². The van der Waals surface area contributed by atoms with E-state index in [9.17, 15) is 0 Å². The molecular formula is C11H10N2S. The third-order valence-electron chi connectivity index (χ3n) is 1.97. The highest BCUT2D eigenvalue weighted by molar-refractivity contribution is 7.17. The number of thiophene rings is 1. The minimum absolute atomic E-state index is 0.00944. The largest absolute Gasteiger partial charge is 0.356 e. The fraction of sp³-hybridized carbons (Fsp3) is 0.182. The zero-order valence-electron chi connectivity index (χ0n) is 7.82. The molecule has 0 aliphatic rings. The normalized spacial score (nSPS) is 12.3. The molecule has 3 heteroatoms. The lowest BCUT2D eigenvalue weighted by Gasteiger charge is -2.08. The number of aromatic nitrogens is 1. The summed E-state index contributed by atoms with van der Waals surface area (Å²) in [4.78, 5) is 4.27. The van der Waals surface area contributed by atoms with Gasteiger partial charge < -0.3 is 5.32 Å². The van der Waals surface area contributed by atoms with Gasteiger partial charge in [0.15, 0.2) is 0 Å². The summed E-state index contributed by atoms with van der Waals surface area (Å²) in [6, 6.07) is 4.08. The molecule has 0 aromatic carbocycles. The maximum absolute atomic E-state index is 5.30. The Kier molecular flexibility index (Phi) is 2.38. The molecular weight excluding hydrogens is 192 g/mol. The first-order valence-corrected chi connectivity index (χ1v) is 5.24. The van der Waals surface area contributed by atoms with Crippen molar-refractivity contribution in [1.29, 1.82) is 0 Å². The van der Waals surface area contributed by atoms with Gasteiger partial charge in [0.25, 0.3) is 0 Å². The monoisotopic (exact) mass is 202 g/mol. The van der Waals surface area contributed by atoms with Crippen LogP contribution in [-0.2, 0) is 0 Å². The lowest BCUT2D eigenvalue weighted by atomic mass is 10.3. The van der Waals surface area contributed by atoms with Gasteiger partial charge in [0.2, 0.25) is 0 Å². The molecule has 2 aromatic rings. The van der Waals surface area contributed by atoms with E-state index in [1.165, 1.54) is 5.39 Å². The molecule has 1 unspecified atom stereocenters. The van der Waals surface area contributed by atoms with Crippen LogP contribution in [0.3, 0.4) is 0 Å². The van der Waals surface area contributed by atoms with Crippen molar-refractivity contribution in [1.82, 2.24) is 4.98 Å². The molecule has 0 radical (unpaired) electrons. The van der Waals surface area contributed by atoms with E-state index in [-0.39, 0.29) is 6.04 Å². The average molecular weight is 202 g/mol. The molecule has 0 saturated carbocycles. The van der Waals surface area contributed by atoms with Gasteiger partial charge in [-0.2, -0.15) is 0 Å². The molecule has 0 spiro atoms. The summed E-state index contributed by atoms with van der Waals surface area (Å²) < 4.78 is 1.16. The Bertz CT molecular complexity index is 481. The summed E-state index contributed by atoms with van der Waals surface area (Å²) in [6.07, 6.45) is 7.09. The molecule has 1 N–H and O–H groups in total. The molecule has 0 fully saturated rings. The minimum Gasteiger partial charge on any atom is -0.356 e. The van der Waals surface area contributed by atoms with Gasteiger partial charge in [0.1, 0.15) is 5.82 Å². The van der Waals surface area contributed by atoms with E-state index < -0.39 is 0 Å². The molecule has 2 rings (SSSR count). The third kappa shape index (κ3) is 1.57. The Balaban J connectivity index is 2.42. The summed E-state index contributed by atoms with van der Waals surface area (Å²) in [5.74, 6) is 3.50. The highest BCUT2D eigenvalue weighted by Crippen LogP contribution is 2.26. The molecule has 70 valence electrons. The number of nitrogens with zero attached hydrogens (tertiary/aromatic N) is 1. The van der Waals surface area contributed by atoms with E-state index in [1.807, 2.05) is 13.0 Å². The van der Waals surface area contributed by atoms with Crippen molar-refractivity contribution < 1.29 is 0 Å². The van der Waals surface area contributed by atoms with Crippen molar-refractivity contribution in [2.75, 3.05) is 5.32 Å². The Morgan fingerprint density at radius 3 is 3.21 bits per heavy atom. The van der Waals surface area contributed by atoms with E-state index in [1.54, 1.807) is 17.5 Å². The van der Waals surface area contributed by atoms with E-state index in [4.69, 9.17) is 6.42 Å². The van der Waals surface area contributed by atoms with Crippen molar-refractivity contribution in [3.63, 3.8) is 0 Å². The maximum atomic E-state index is 5.30. The van der Waals surface area contributed by atoms with Gasteiger partial charge in [-0.05, 0) is 29.8 Å². The van der Waals surface area contributed by atoms with Gasteiger partial charge in [0, 0.05) is 6.20 Å². The highest BCUT2D eigenvalue weighted by atomic mass is 32.1. The van der Waals surface area contributed by atoms with E-state index in [2.05, 4.69) is 27.7 Å². The Morgan fingerprint density at radius 2 is 2.43 bits per heavy atom. The lowest BCUT2D eigenvalue weighted by molar-refractivity contribution is 1.02. The van der Waals surface area contributed by atoms with Crippen LogP contribution < -0.4 is 5.32 Å². The fourth-order valence-corrected chi connectivity index (χ4v) is 2.09. The molecule has 14 heavy (non-hydrogen) atoms. The second kappa shape index (κ2) is 3.69. The predicted octanol–water partition coefficient (Wildman–Crippen LogP) is 2.73. The molecule has 0 amide bonds. The van der Waals surface area contributed by atoms with Crippen molar-refractivity contribution in [3.8, 4) is 12.3 Å². The van der Waals surface area contributed by atoms with Crippen LogP contribution in [0.5, 0.6) is 0 Å². The van der Waals surface area contributed by atoms with Crippen LogP contribution in [0.2, 0.25) is 0 Å². The van der Waals surface area contributed by atoms with Crippen LogP contribution in [0.4, 0.5) is 5.82 Å². The number of rotatable bonds is 2. The second-order valence-corrected chi connectivity index (χ2v) is 3.95. The van der Waals surface area contributed by atoms with Gasteiger partial charge in [-0.3, -0.25) is 0 Å². The maximum Gasteiger partial charge on any atom is 0.144 e. The van der Waals surface area contributed by atoms with Crippen LogP contribution >= 0.6 is 11.3 Å². The quantitative estimate of drug-likeness (QED) is 0.757. The van der Waals surface area contributed by atoms with E-state index in [0.29, 0.717) is 0 Å². The molecule has 0 aliphatic heterocycles.